The predicted octanol–water partition coefficient (Wildman–Crippen LogP) is 2.27. The van der Waals surface area contributed by atoms with Crippen LogP contribution in [0.1, 0.15) is 18.9 Å². The molecule has 0 bridgehead atoms. The number of aryl methyl sites for hydroxylation is 1. The van der Waals surface area contributed by atoms with Crippen molar-refractivity contribution in [3.8, 4) is 0 Å². The summed E-state index contributed by atoms with van der Waals surface area (Å²) in [5, 5.41) is 13.8. The molecule has 5 heteroatoms. The van der Waals surface area contributed by atoms with Gasteiger partial charge in [-0.2, -0.15) is 0 Å². The van der Waals surface area contributed by atoms with Gasteiger partial charge < -0.3 is 15.7 Å². The molecule has 0 radical (unpaired) electrons. The predicted molar refractivity (Wildman–Crippen MR) is 69.0 cm³/mol. The Bertz CT molecular complexity index is 410. The number of carbonyl (C=O) groups is 1. The molecule has 0 aliphatic heterocycles. The summed E-state index contributed by atoms with van der Waals surface area (Å²) in [5.74, 6) is -0.267. The first kappa shape index (κ1) is 14.4. The molecular weight excluding hydrogens is 235 g/mol. The lowest BCUT2D eigenvalue weighted by Crippen LogP contribution is -2.32. The topological polar surface area (TPSA) is 61.4 Å². The van der Waals surface area contributed by atoms with Crippen molar-refractivity contribution in [2.45, 2.75) is 20.3 Å². The number of rotatable bonds is 5. The van der Waals surface area contributed by atoms with E-state index in [-0.39, 0.29) is 18.2 Å². The first-order valence-electron chi connectivity index (χ1n) is 5.94. The second-order valence-electron chi connectivity index (χ2n) is 4.44. The van der Waals surface area contributed by atoms with Crippen LogP contribution in [0.15, 0.2) is 18.2 Å². The van der Waals surface area contributed by atoms with Crippen LogP contribution in [0.5, 0.6) is 0 Å². The average Bonchev–Trinajstić information content (AvgIpc) is 2.31. The van der Waals surface area contributed by atoms with E-state index in [0.717, 1.165) is 5.56 Å². The van der Waals surface area contributed by atoms with Crippen molar-refractivity contribution >= 4 is 11.7 Å². The third-order valence-corrected chi connectivity index (χ3v) is 2.61. The zero-order valence-electron chi connectivity index (χ0n) is 10.7. The Balaban J connectivity index is 2.44. The summed E-state index contributed by atoms with van der Waals surface area (Å²) in [4.78, 5) is 11.5. The molecule has 1 unspecified atom stereocenters. The Morgan fingerprint density at radius 2 is 2.22 bits per heavy atom. The quantitative estimate of drug-likeness (QED) is 0.755. The number of carbonyl (C=O) groups excluding carboxylic acids is 1. The van der Waals surface area contributed by atoms with Crippen LogP contribution >= 0.6 is 0 Å². The first-order chi connectivity index (χ1) is 8.52. The van der Waals surface area contributed by atoms with Crippen LogP contribution in [0.4, 0.5) is 14.9 Å². The van der Waals surface area contributed by atoms with Crippen molar-refractivity contribution < 1.29 is 14.3 Å². The summed E-state index contributed by atoms with van der Waals surface area (Å²) in [7, 11) is 0. The SMILES string of the molecule is Cc1ccc(NC(=O)NCC(C)CCO)c(F)c1. The van der Waals surface area contributed by atoms with Crippen LogP contribution in [0, 0.1) is 18.7 Å². The number of hydrogen-bond acceptors (Lipinski definition) is 2. The van der Waals surface area contributed by atoms with Crippen molar-refractivity contribution in [1.29, 1.82) is 0 Å². The van der Waals surface area contributed by atoms with Crippen molar-refractivity contribution in [1.82, 2.24) is 5.32 Å². The lowest BCUT2D eigenvalue weighted by molar-refractivity contribution is 0.243. The number of halogens is 1. The third kappa shape index (κ3) is 4.71. The second kappa shape index (κ2) is 6.96. The molecule has 0 saturated carbocycles. The minimum atomic E-state index is -0.450. The minimum Gasteiger partial charge on any atom is -0.396 e. The average molecular weight is 254 g/mol. The van der Waals surface area contributed by atoms with E-state index < -0.39 is 11.8 Å². The largest absolute Gasteiger partial charge is 0.396 e. The van der Waals surface area contributed by atoms with Crippen molar-refractivity contribution in [2.75, 3.05) is 18.5 Å². The molecule has 1 aromatic carbocycles. The van der Waals surface area contributed by atoms with Gasteiger partial charge in [0.25, 0.3) is 0 Å². The van der Waals surface area contributed by atoms with E-state index in [0.29, 0.717) is 13.0 Å². The number of anilines is 1. The fourth-order valence-corrected chi connectivity index (χ4v) is 1.48. The van der Waals surface area contributed by atoms with Gasteiger partial charge in [0.15, 0.2) is 0 Å². The van der Waals surface area contributed by atoms with E-state index in [4.69, 9.17) is 5.11 Å². The van der Waals surface area contributed by atoms with E-state index in [1.165, 1.54) is 12.1 Å². The highest BCUT2D eigenvalue weighted by molar-refractivity contribution is 5.89. The van der Waals surface area contributed by atoms with E-state index in [2.05, 4.69) is 10.6 Å². The Morgan fingerprint density at radius 3 is 2.83 bits per heavy atom. The Labute approximate surface area is 106 Å². The number of amides is 2. The summed E-state index contributed by atoms with van der Waals surface area (Å²) in [6, 6.07) is 4.18. The van der Waals surface area contributed by atoms with Crippen LogP contribution < -0.4 is 10.6 Å². The molecule has 0 aromatic heterocycles. The van der Waals surface area contributed by atoms with Crippen LogP contribution in [-0.2, 0) is 0 Å². The maximum Gasteiger partial charge on any atom is 0.319 e. The van der Waals surface area contributed by atoms with Crippen molar-refractivity contribution in [3.05, 3.63) is 29.6 Å². The molecular formula is C13H19FN2O2. The van der Waals surface area contributed by atoms with Gasteiger partial charge in [-0.1, -0.05) is 13.0 Å². The molecule has 1 aromatic rings. The smallest absolute Gasteiger partial charge is 0.319 e. The summed E-state index contributed by atoms with van der Waals surface area (Å²) < 4.78 is 13.5. The molecule has 0 aliphatic rings. The zero-order chi connectivity index (χ0) is 13.5. The normalized spacial score (nSPS) is 12.0. The van der Waals surface area contributed by atoms with Gasteiger partial charge in [0, 0.05) is 13.2 Å². The van der Waals surface area contributed by atoms with E-state index >= 15 is 0 Å². The maximum absolute atomic E-state index is 13.5. The molecule has 0 heterocycles. The highest BCUT2D eigenvalue weighted by atomic mass is 19.1. The first-order valence-corrected chi connectivity index (χ1v) is 5.94. The maximum atomic E-state index is 13.5. The van der Waals surface area contributed by atoms with Crippen LogP contribution in [-0.4, -0.2) is 24.3 Å². The van der Waals surface area contributed by atoms with Gasteiger partial charge in [-0.05, 0) is 37.0 Å². The molecule has 1 atom stereocenters. The van der Waals surface area contributed by atoms with Gasteiger partial charge in [-0.3, -0.25) is 0 Å². The molecule has 0 fully saturated rings. The van der Waals surface area contributed by atoms with Gasteiger partial charge >= 0.3 is 6.03 Å². The van der Waals surface area contributed by atoms with Gasteiger partial charge in [-0.25, -0.2) is 9.18 Å². The number of aliphatic hydroxyl groups is 1. The lowest BCUT2D eigenvalue weighted by Gasteiger charge is -2.12. The standard InChI is InChI=1S/C13H19FN2O2/c1-9-3-4-12(11(14)7-9)16-13(18)15-8-10(2)5-6-17/h3-4,7,10,17H,5-6,8H2,1-2H3,(H2,15,16,18). The Kier molecular flexibility index (Phi) is 5.58. The van der Waals surface area contributed by atoms with E-state index in [1.807, 2.05) is 6.92 Å². The number of benzene rings is 1. The summed E-state index contributed by atoms with van der Waals surface area (Å²) in [5.41, 5.74) is 0.961. The molecule has 1 rings (SSSR count). The van der Waals surface area contributed by atoms with Crippen molar-refractivity contribution in [2.24, 2.45) is 5.92 Å². The molecule has 18 heavy (non-hydrogen) atoms. The van der Waals surface area contributed by atoms with Crippen LogP contribution in [0.3, 0.4) is 0 Å². The fourth-order valence-electron chi connectivity index (χ4n) is 1.48. The van der Waals surface area contributed by atoms with E-state index in [9.17, 15) is 9.18 Å². The monoisotopic (exact) mass is 254 g/mol. The zero-order valence-corrected chi connectivity index (χ0v) is 10.7. The van der Waals surface area contributed by atoms with Gasteiger partial charge in [0.1, 0.15) is 5.82 Å². The third-order valence-electron chi connectivity index (χ3n) is 2.61. The highest BCUT2D eigenvalue weighted by Crippen LogP contribution is 2.14. The van der Waals surface area contributed by atoms with E-state index in [1.54, 1.807) is 13.0 Å². The summed E-state index contributed by atoms with van der Waals surface area (Å²) in [6.45, 7) is 4.24. The molecule has 0 saturated heterocycles. The minimum absolute atomic E-state index is 0.0943. The molecule has 0 aliphatic carbocycles. The molecule has 3 N–H and O–H groups in total. The lowest BCUT2D eigenvalue weighted by atomic mass is 10.1. The van der Waals surface area contributed by atoms with Gasteiger partial charge in [0.2, 0.25) is 0 Å². The fraction of sp³-hybridized carbons (Fsp3) is 0.462. The molecule has 100 valence electrons. The Morgan fingerprint density at radius 1 is 1.50 bits per heavy atom. The summed E-state index contributed by atoms with van der Waals surface area (Å²) >= 11 is 0. The van der Waals surface area contributed by atoms with Crippen molar-refractivity contribution in [3.63, 3.8) is 0 Å². The number of urea groups is 1. The number of aliphatic hydroxyl groups excluding tert-OH is 1. The highest BCUT2D eigenvalue weighted by Gasteiger charge is 2.08. The van der Waals surface area contributed by atoms with Gasteiger partial charge in [0.05, 0.1) is 5.69 Å². The van der Waals surface area contributed by atoms with Crippen LogP contribution in [0.25, 0.3) is 0 Å². The van der Waals surface area contributed by atoms with Crippen LogP contribution in [0.2, 0.25) is 0 Å². The molecule has 0 spiro atoms. The Hall–Kier alpha value is -1.62. The molecule has 4 nitrogen and oxygen atoms in total. The second-order valence-corrected chi connectivity index (χ2v) is 4.44. The summed E-state index contributed by atoms with van der Waals surface area (Å²) in [6.07, 6.45) is 0.624. The number of nitrogens with one attached hydrogen (secondary N) is 2. The van der Waals surface area contributed by atoms with Gasteiger partial charge in [-0.15, -0.1) is 0 Å². The number of hydrogen-bond donors (Lipinski definition) is 3. The molecule has 2 amide bonds.